The van der Waals surface area contributed by atoms with Gasteiger partial charge in [0.05, 0.1) is 12.2 Å². The molecule has 5 aliphatic rings. The Hall–Kier alpha value is -0.0400. The molecule has 1 aliphatic heterocycles. The van der Waals surface area contributed by atoms with Crippen LogP contribution in [0.4, 0.5) is 0 Å². The summed E-state index contributed by atoms with van der Waals surface area (Å²) in [5.74, 6) is 2.90. The van der Waals surface area contributed by atoms with E-state index >= 15 is 0 Å². The number of ether oxygens (including phenoxy) is 1. The van der Waals surface area contributed by atoms with E-state index in [1.54, 1.807) is 0 Å². The molecule has 0 aromatic heterocycles. The third kappa shape index (κ3) is 1.53. The molecule has 21 heavy (non-hydrogen) atoms. The van der Waals surface area contributed by atoms with Gasteiger partial charge in [-0.15, -0.1) is 0 Å². The molecule has 1 heteroatoms. The molecule has 4 saturated carbocycles. The standard InChI is InChI=1S/C20H32O/c1-17(2)8-4-9-18(3)15(17)7-10-19-11-14(5-6-16(18)19)20(12-19)13-21-20/h14-16H,4-13H2,1-3H3/t14-,15-,16+,18-,19+,20+/m1/s1. The minimum Gasteiger partial charge on any atom is -0.369 e. The Balaban J connectivity index is 1.55. The molecule has 5 rings (SSSR count). The molecular weight excluding hydrogens is 256 g/mol. The van der Waals surface area contributed by atoms with Gasteiger partial charge < -0.3 is 4.74 Å². The van der Waals surface area contributed by atoms with Crippen LogP contribution in [0, 0.1) is 34.0 Å². The monoisotopic (exact) mass is 288 g/mol. The molecule has 1 nitrogen and oxygen atoms in total. The van der Waals surface area contributed by atoms with Crippen LogP contribution in [0.3, 0.4) is 0 Å². The molecule has 1 heterocycles. The zero-order chi connectivity index (χ0) is 14.5. The van der Waals surface area contributed by atoms with E-state index in [0.29, 0.717) is 21.8 Å². The summed E-state index contributed by atoms with van der Waals surface area (Å²) < 4.78 is 6.02. The van der Waals surface area contributed by atoms with Gasteiger partial charge in [0.15, 0.2) is 0 Å². The fourth-order valence-electron chi connectivity index (χ4n) is 8.35. The van der Waals surface area contributed by atoms with E-state index in [4.69, 9.17) is 4.74 Å². The van der Waals surface area contributed by atoms with Gasteiger partial charge in [-0.25, -0.2) is 0 Å². The Bertz CT molecular complexity index is 476. The van der Waals surface area contributed by atoms with Gasteiger partial charge in [-0.05, 0) is 85.4 Å². The highest BCUT2D eigenvalue weighted by atomic mass is 16.6. The smallest absolute Gasteiger partial charge is 0.0950 e. The average Bonchev–Trinajstić information content (AvgIpc) is 3.13. The van der Waals surface area contributed by atoms with Crippen molar-refractivity contribution in [2.24, 2.45) is 34.0 Å². The van der Waals surface area contributed by atoms with Crippen molar-refractivity contribution in [3.8, 4) is 0 Å². The van der Waals surface area contributed by atoms with Crippen LogP contribution < -0.4 is 0 Å². The Morgan fingerprint density at radius 2 is 1.71 bits per heavy atom. The van der Waals surface area contributed by atoms with Crippen LogP contribution in [0.1, 0.15) is 78.6 Å². The van der Waals surface area contributed by atoms with E-state index < -0.39 is 0 Å². The summed E-state index contributed by atoms with van der Waals surface area (Å²) in [6.45, 7) is 8.93. The lowest BCUT2D eigenvalue weighted by molar-refractivity contribution is -0.144. The highest BCUT2D eigenvalue weighted by molar-refractivity contribution is 5.19. The number of hydrogen-bond donors (Lipinski definition) is 0. The average molecular weight is 288 g/mol. The van der Waals surface area contributed by atoms with Gasteiger partial charge in [0.2, 0.25) is 0 Å². The summed E-state index contributed by atoms with van der Waals surface area (Å²) in [6, 6.07) is 0. The van der Waals surface area contributed by atoms with Crippen molar-refractivity contribution in [2.75, 3.05) is 6.61 Å². The first-order valence-corrected chi connectivity index (χ1v) is 9.54. The van der Waals surface area contributed by atoms with Crippen LogP contribution in [0.25, 0.3) is 0 Å². The molecule has 0 amide bonds. The highest BCUT2D eigenvalue weighted by Gasteiger charge is 2.70. The second-order valence-electron chi connectivity index (χ2n) is 10.4. The third-order valence-corrected chi connectivity index (χ3v) is 9.11. The van der Waals surface area contributed by atoms with Crippen molar-refractivity contribution in [3.05, 3.63) is 0 Å². The highest BCUT2D eigenvalue weighted by Crippen LogP contribution is 2.74. The maximum Gasteiger partial charge on any atom is 0.0950 e. The van der Waals surface area contributed by atoms with Gasteiger partial charge >= 0.3 is 0 Å². The number of hydrogen-bond acceptors (Lipinski definition) is 1. The normalized spacial score (nSPS) is 60.4. The number of rotatable bonds is 0. The fourth-order valence-corrected chi connectivity index (χ4v) is 8.35. The third-order valence-electron chi connectivity index (χ3n) is 9.11. The van der Waals surface area contributed by atoms with Gasteiger partial charge in [-0.2, -0.15) is 0 Å². The predicted molar refractivity (Wildman–Crippen MR) is 85.0 cm³/mol. The lowest BCUT2D eigenvalue weighted by Crippen LogP contribution is -2.55. The molecule has 1 saturated heterocycles. The Morgan fingerprint density at radius 1 is 0.905 bits per heavy atom. The van der Waals surface area contributed by atoms with Crippen molar-refractivity contribution in [3.63, 3.8) is 0 Å². The van der Waals surface area contributed by atoms with E-state index in [1.165, 1.54) is 57.8 Å². The largest absolute Gasteiger partial charge is 0.369 e. The van der Waals surface area contributed by atoms with Crippen molar-refractivity contribution < 1.29 is 4.74 Å². The second-order valence-corrected chi connectivity index (χ2v) is 10.4. The van der Waals surface area contributed by atoms with Gasteiger partial charge in [-0.1, -0.05) is 27.2 Å². The summed E-state index contributed by atoms with van der Waals surface area (Å²) in [5, 5.41) is 0. The summed E-state index contributed by atoms with van der Waals surface area (Å²) in [5.41, 5.74) is 2.27. The molecule has 4 aliphatic carbocycles. The first-order valence-electron chi connectivity index (χ1n) is 9.54. The summed E-state index contributed by atoms with van der Waals surface area (Å²) in [6.07, 6.45) is 13.4. The lowest BCUT2D eigenvalue weighted by atomic mass is 9.41. The van der Waals surface area contributed by atoms with Crippen LogP contribution in [-0.4, -0.2) is 12.2 Å². The zero-order valence-electron chi connectivity index (χ0n) is 14.2. The lowest BCUT2D eigenvalue weighted by Gasteiger charge is -2.64. The first kappa shape index (κ1) is 13.4. The Kier molecular flexibility index (Phi) is 2.37. The molecule has 2 bridgehead atoms. The summed E-state index contributed by atoms with van der Waals surface area (Å²) in [7, 11) is 0. The second kappa shape index (κ2) is 3.71. The quantitative estimate of drug-likeness (QED) is 0.559. The maximum atomic E-state index is 6.02. The van der Waals surface area contributed by atoms with Crippen molar-refractivity contribution >= 4 is 0 Å². The van der Waals surface area contributed by atoms with E-state index in [0.717, 1.165) is 24.4 Å². The molecule has 0 unspecified atom stereocenters. The molecule has 0 N–H and O–H groups in total. The van der Waals surface area contributed by atoms with Gasteiger partial charge in [0.25, 0.3) is 0 Å². The Morgan fingerprint density at radius 3 is 2.48 bits per heavy atom. The first-order chi connectivity index (χ1) is 9.90. The molecule has 0 radical (unpaired) electrons. The van der Waals surface area contributed by atoms with Gasteiger partial charge in [0, 0.05) is 0 Å². The van der Waals surface area contributed by atoms with Crippen LogP contribution in [0.2, 0.25) is 0 Å². The zero-order valence-corrected chi connectivity index (χ0v) is 14.2. The molecule has 118 valence electrons. The molecule has 5 fully saturated rings. The molecular formula is C20H32O. The molecule has 0 aromatic carbocycles. The topological polar surface area (TPSA) is 12.5 Å². The van der Waals surface area contributed by atoms with E-state index in [9.17, 15) is 0 Å². The molecule has 2 spiro atoms. The SMILES string of the molecule is CC1(C)CCC[C@]2(C)[C@@H]1CC[C@@]13C[C@@H](CC[C@H]12)[C@@]1(CO1)C3. The molecule has 6 atom stereocenters. The van der Waals surface area contributed by atoms with Crippen molar-refractivity contribution in [1.29, 1.82) is 0 Å². The van der Waals surface area contributed by atoms with Crippen LogP contribution >= 0.6 is 0 Å². The summed E-state index contributed by atoms with van der Waals surface area (Å²) in [4.78, 5) is 0. The summed E-state index contributed by atoms with van der Waals surface area (Å²) >= 11 is 0. The Labute approximate surface area is 130 Å². The maximum absolute atomic E-state index is 6.02. The number of epoxide rings is 1. The van der Waals surface area contributed by atoms with E-state index in [-0.39, 0.29) is 0 Å². The predicted octanol–water partition coefficient (Wildman–Crippen LogP) is 5.19. The van der Waals surface area contributed by atoms with Crippen LogP contribution in [0.15, 0.2) is 0 Å². The fraction of sp³-hybridized carbons (Fsp3) is 1.00. The van der Waals surface area contributed by atoms with Crippen molar-refractivity contribution in [2.45, 2.75) is 84.2 Å². The minimum absolute atomic E-state index is 0.377. The van der Waals surface area contributed by atoms with Crippen LogP contribution in [-0.2, 0) is 4.74 Å². The van der Waals surface area contributed by atoms with Gasteiger partial charge in [0.1, 0.15) is 0 Å². The molecule has 0 aromatic rings. The van der Waals surface area contributed by atoms with E-state index in [2.05, 4.69) is 20.8 Å². The minimum atomic E-state index is 0.377. The number of fused-ring (bicyclic) bond motifs is 4. The van der Waals surface area contributed by atoms with E-state index in [1.807, 2.05) is 0 Å². The van der Waals surface area contributed by atoms with Crippen LogP contribution in [0.5, 0.6) is 0 Å². The van der Waals surface area contributed by atoms with Crippen molar-refractivity contribution in [1.82, 2.24) is 0 Å². The van der Waals surface area contributed by atoms with Gasteiger partial charge in [-0.3, -0.25) is 0 Å².